The number of nitriles is 1. The summed E-state index contributed by atoms with van der Waals surface area (Å²) in [6, 6.07) is 1.74. The Morgan fingerprint density at radius 3 is 2.69 bits per heavy atom. The van der Waals surface area contributed by atoms with E-state index in [-0.39, 0.29) is 13.0 Å². The lowest BCUT2D eigenvalue weighted by Crippen LogP contribution is -2.46. The van der Waals surface area contributed by atoms with Crippen LogP contribution in [-0.4, -0.2) is 30.1 Å². The molecule has 3 nitrogen and oxygen atoms in total. The zero-order valence-corrected chi connectivity index (χ0v) is 8.92. The number of likely N-dealkylation sites (tertiary alicyclic amines) is 1. The van der Waals surface area contributed by atoms with Crippen LogP contribution in [0.3, 0.4) is 0 Å². The Bertz CT molecular complexity index is 308. The number of carbonyl (C=O) groups is 1. The lowest BCUT2D eigenvalue weighted by Gasteiger charge is -2.34. The van der Waals surface area contributed by atoms with Crippen molar-refractivity contribution in [2.45, 2.75) is 25.9 Å². The molecule has 2 atom stereocenters. The number of hydrogen-bond donors (Lipinski definition) is 0. The summed E-state index contributed by atoms with van der Waals surface area (Å²) in [4.78, 5) is 12.7. The topological polar surface area (TPSA) is 44.1 Å². The van der Waals surface area contributed by atoms with Crippen LogP contribution in [0.1, 0.15) is 19.8 Å². The Morgan fingerprint density at radius 2 is 2.19 bits per heavy atom. The molecule has 1 amide bonds. The van der Waals surface area contributed by atoms with Gasteiger partial charge in [-0.3, -0.25) is 4.79 Å². The van der Waals surface area contributed by atoms with Crippen molar-refractivity contribution in [3.8, 4) is 6.07 Å². The molecule has 2 unspecified atom stereocenters. The van der Waals surface area contributed by atoms with Crippen LogP contribution in [-0.2, 0) is 4.79 Å². The maximum absolute atomic E-state index is 12.5. The normalized spacial score (nSPS) is 23.7. The van der Waals surface area contributed by atoms with Gasteiger partial charge in [-0.2, -0.15) is 18.4 Å². The average molecular weight is 234 g/mol. The number of hydrogen-bond acceptors (Lipinski definition) is 2. The summed E-state index contributed by atoms with van der Waals surface area (Å²) in [6.07, 6.45) is -3.85. The number of amides is 1. The van der Waals surface area contributed by atoms with Crippen LogP contribution in [0.2, 0.25) is 0 Å². The number of halogens is 3. The molecule has 1 heterocycles. The van der Waals surface area contributed by atoms with Gasteiger partial charge in [0.2, 0.25) is 5.91 Å². The largest absolute Gasteiger partial charge is 0.393 e. The van der Waals surface area contributed by atoms with Crippen LogP contribution in [0.15, 0.2) is 0 Å². The van der Waals surface area contributed by atoms with E-state index in [1.807, 2.05) is 0 Å². The fraction of sp³-hybridized carbons (Fsp3) is 0.800. The third-order valence-corrected chi connectivity index (χ3v) is 2.76. The zero-order valence-electron chi connectivity index (χ0n) is 8.92. The molecule has 1 fully saturated rings. The van der Waals surface area contributed by atoms with Gasteiger partial charge in [0.1, 0.15) is 5.92 Å². The number of alkyl halides is 3. The van der Waals surface area contributed by atoms with Crippen molar-refractivity contribution < 1.29 is 18.0 Å². The van der Waals surface area contributed by atoms with E-state index in [0.717, 1.165) is 4.90 Å². The Balaban J connectivity index is 2.65. The van der Waals surface area contributed by atoms with Crippen LogP contribution in [0.25, 0.3) is 0 Å². The van der Waals surface area contributed by atoms with E-state index in [2.05, 4.69) is 0 Å². The first kappa shape index (κ1) is 12.8. The molecular formula is C10H13F3N2O. The van der Waals surface area contributed by atoms with Gasteiger partial charge in [0.25, 0.3) is 0 Å². The predicted octanol–water partition coefficient (Wildman–Crippen LogP) is 1.95. The second kappa shape index (κ2) is 4.73. The van der Waals surface area contributed by atoms with Crippen molar-refractivity contribution >= 4 is 5.91 Å². The molecule has 0 aromatic rings. The maximum Gasteiger partial charge on any atom is 0.393 e. The fourth-order valence-corrected chi connectivity index (χ4v) is 1.77. The number of carbonyl (C=O) groups excluding carboxylic acids is 1. The van der Waals surface area contributed by atoms with E-state index < -0.39 is 23.9 Å². The second-order valence-electron chi connectivity index (χ2n) is 4.02. The third kappa shape index (κ3) is 2.87. The molecule has 0 N–H and O–H groups in total. The van der Waals surface area contributed by atoms with Crippen LogP contribution in [0, 0.1) is 23.2 Å². The lowest BCUT2D eigenvalue weighted by molar-refractivity contribution is -0.188. The third-order valence-electron chi connectivity index (χ3n) is 2.76. The summed E-state index contributed by atoms with van der Waals surface area (Å²) in [6.45, 7) is 1.41. The Hall–Kier alpha value is -1.25. The van der Waals surface area contributed by atoms with Crippen molar-refractivity contribution in [3.05, 3.63) is 0 Å². The van der Waals surface area contributed by atoms with Gasteiger partial charge in [-0.25, -0.2) is 0 Å². The molecule has 0 aromatic heterocycles. The molecule has 1 rings (SSSR count). The van der Waals surface area contributed by atoms with E-state index in [9.17, 15) is 18.0 Å². The summed E-state index contributed by atoms with van der Waals surface area (Å²) >= 11 is 0. The molecule has 0 spiro atoms. The molecule has 0 saturated carbocycles. The molecule has 0 radical (unpaired) electrons. The monoisotopic (exact) mass is 234 g/mol. The number of nitrogens with zero attached hydrogens (tertiary/aromatic N) is 2. The van der Waals surface area contributed by atoms with E-state index in [4.69, 9.17) is 5.26 Å². The van der Waals surface area contributed by atoms with Gasteiger partial charge in [-0.1, -0.05) is 0 Å². The van der Waals surface area contributed by atoms with Gasteiger partial charge in [-0.05, 0) is 19.8 Å². The standard InChI is InChI=1S/C10H13F3N2O/c1-7(5-14)9(16)15-4-2-3-8(6-15)10(11,12)13/h7-8H,2-4,6H2,1H3. The molecule has 6 heteroatoms. The lowest BCUT2D eigenvalue weighted by atomic mass is 9.96. The molecular weight excluding hydrogens is 221 g/mol. The average Bonchev–Trinajstić information content (AvgIpc) is 2.26. The minimum atomic E-state index is -4.26. The summed E-state index contributed by atoms with van der Waals surface area (Å²) < 4.78 is 37.4. The summed E-state index contributed by atoms with van der Waals surface area (Å²) in [5.74, 6) is -2.82. The van der Waals surface area contributed by atoms with Gasteiger partial charge < -0.3 is 4.90 Å². The van der Waals surface area contributed by atoms with Gasteiger partial charge >= 0.3 is 6.18 Å². The minimum Gasteiger partial charge on any atom is -0.341 e. The Morgan fingerprint density at radius 1 is 1.56 bits per heavy atom. The SMILES string of the molecule is CC(C#N)C(=O)N1CCCC(C(F)(F)F)C1. The van der Waals surface area contributed by atoms with E-state index in [1.54, 1.807) is 6.07 Å². The van der Waals surface area contributed by atoms with Crippen LogP contribution < -0.4 is 0 Å². The molecule has 1 saturated heterocycles. The maximum atomic E-state index is 12.5. The van der Waals surface area contributed by atoms with Crippen LogP contribution >= 0.6 is 0 Å². The fourth-order valence-electron chi connectivity index (χ4n) is 1.77. The molecule has 1 aliphatic rings. The first-order valence-electron chi connectivity index (χ1n) is 5.11. The molecule has 0 bridgehead atoms. The first-order valence-corrected chi connectivity index (χ1v) is 5.11. The highest BCUT2D eigenvalue weighted by Crippen LogP contribution is 2.33. The second-order valence-corrected chi connectivity index (χ2v) is 4.02. The predicted molar refractivity (Wildman–Crippen MR) is 50.1 cm³/mol. The van der Waals surface area contributed by atoms with Crippen molar-refractivity contribution in [3.63, 3.8) is 0 Å². The number of rotatable bonds is 1. The first-order chi connectivity index (χ1) is 7.36. The van der Waals surface area contributed by atoms with Crippen molar-refractivity contribution in [2.24, 2.45) is 11.8 Å². The quantitative estimate of drug-likeness (QED) is 0.696. The molecule has 0 aliphatic carbocycles. The Kier molecular flexibility index (Phi) is 3.79. The summed E-state index contributed by atoms with van der Waals surface area (Å²) in [5, 5.41) is 8.54. The smallest absolute Gasteiger partial charge is 0.341 e. The van der Waals surface area contributed by atoms with Crippen LogP contribution in [0.4, 0.5) is 13.2 Å². The summed E-state index contributed by atoms with van der Waals surface area (Å²) in [7, 11) is 0. The van der Waals surface area contributed by atoms with Crippen molar-refractivity contribution in [2.75, 3.05) is 13.1 Å². The van der Waals surface area contributed by atoms with Gasteiger partial charge in [0.15, 0.2) is 0 Å². The van der Waals surface area contributed by atoms with Crippen molar-refractivity contribution in [1.82, 2.24) is 4.90 Å². The van der Waals surface area contributed by atoms with Gasteiger partial charge in [0, 0.05) is 13.1 Å². The molecule has 1 aliphatic heterocycles. The van der Waals surface area contributed by atoms with Crippen LogP contribution in [0.5, 0.6) is 0 Å². The van der Waals surface area contributed by atoms with Gasteiger partial charge in [-0.15, -0.1) is 0 Å². The highest BCUT2D eigenvalue weighted by molar-refractivity contribution is 5.80. The number of piperidine rings is 1. The molecule has 16 heavy (non-hydrogen) atoms. The summed E-state index contributed by atoms with van der Waals surface area (Å²) in [5.41, 5.74) is 0. The Labute approximate surface area is 91.8 Å². The van der Waals surface area contributed by atoms with Crippen molar-refractivity contribution in [1.29, 1.82) is 5.26 Å². The van der Waals surface area contributed by atoms with E-state index in [1.165, 1.54) is 6.92 Å². The minimum absolute atomic E-state index is 0.0637. The highest BCUT2D eigenvalue weighted by atomic mass is 19.4. The van der Waals surface area contributed by atoms with E-state index in [0.29, 0.717) is 13.0 Å². The molecule has 0 aromatic carbocycles. The zero-order chi connectivity index (χ0) is 12.3. The van der Waals surface area contributed by atoms with Gasteiger partial charge in [0.05, 0.1) is 12.0 Å². The van der Waals surface area contributed by atoms with E-state index >= 15 is 0 Å². The molecule has 90 valence electrons. The highest BCUT2D eigenvalue weighted by Gasteiger charge is 2.43.